The monoisotopic (exact) mass is 212 g/mol. The third-order valence-electron chi connectivity index (χ3n) is 1.42. The molecule has 1 amide bonds. The maximum atomic E-state index is 11.2. The molecule has 0 aliphatic heterocycles. The van der Waals surface area contributed by atoms with Crippen LogP contribution in [0.5, 0.6) is 0 Å². The van der Waals surface area contributed by atoms with Gasteiger partial charge in [0.15, 0.2) is 0 Å². The highest BCUT2D eigenvalue weighted by Gasteiger charge is 2.15. The molecule has 0 saturated heterocycles. The van der Waals surface area contributed by atoms with Gasteiger partial charge in [-0.3, -0.25) is 0 Å². The van der Waals surface area contributed by atoms with Crippen LogP contribution in [0.4, 0.5) is 4.79 Å². The second kappa shape index (κ2) is 7.13. The number of hydrogen-bond acceptors (Lipinski definition) is 3. The molecule has 86 valence electrons. The molecular weight excluding hydrogens is 192 g/mol. The zero-order valence-corrected chi connectivity index (χ0v) is 9.72. The second-order valence-corrected chi connectivity index (χ2v) is 4.13. The number of alkyl carbamates (subject to hydrolysis) is 1. The van der Waals surface area contributed by atoms with Crippen LogP contribution in [-0.2, 0) is 4.74 Å². The number of rotatable bonds is 5. The predicted octanol–water partition coefficient (Wildman–Crippen LogP) is 1.12. The molecule has 0 aliphatic rings. The van der Waals surface area contributed by atoms with Crippen LogP contribution >= 0.6 is 0 Å². The third-order valence-corrected chi connectivity index (χ3v) is 1.42. The van der Waals surface area contributed by atoms with Crippen molar-refractivity contribution >= 4 is 6.09 Å². The number of terminal acetylenes is 1. The maximum absolute atomic E-state index is 11.2. The molecule has 0 aromatic carbocycles. The molecule has 0 aliphatic carbocycles. The van der Waals surface area contributed by atoms with Crippen LogP contribution in [-0.4, -0.2) is 31.3 Å². The minimum absolute atomic E-state index is 0.388. The highest BCUT2D eigenvalue weighted by atomic mass is 16.6. The molecule has 0 aromatic heterocycles. The first kappa shape index (κ1) is 13.8. The van der Waals surface area contributed by atoms with Gasteiger partial charge in [0, 0.05) is 26.1 Å². The van der Waals surface area contributed by atoms with Crippen LogP contribution in [0.25, 0.3) is 0 Å². The molecule has 2 N–H and O–H groups in total. The van der Waals surface area contributed by atoms with Gasteiger partial charge in [-0.15, -0.1) is 12.3 Å². The Labute approximate surface area is 91.8 Å². The van der Waals surface area contributed by atoms with Crippen molar-refractivity contribution in [1.82, 2.24) is 10.6 Å². The first-order valence-corrected chi connectivity index (χ1v) is 5.07. The Morgan fingerprint density at radius 3 is 2.53 bits per heavy atom. The molecule has 0 saturated carbocycles. The van der Waals surface area contributed by atoms with Gasteiger partial charge in [-0.1, -0.05) is 0 Å². The SMILES string of the molecule is C#CCCNCCNC(=O)OC(C)(C)C. The average Bonchev–Trinajstić information content (AvgIpc) is 2.08. The van der Waals surface area contributed by atoms with Gasteiger partial charge in [0.1, 0.15) is 5.60 Å². The summed E-state index contributed by atoms with van der Waals surface area (Å²) in [4.78, 5) is 11.2. The Morgan fingerprint density at radius 2 is 2.00 bits per heavy atom. The van der Waals surface area contributed by atoms with Crippen LogP contribution in [0.2, 0.25) is 0 Å². The van der Waals surface area contributed by atoms with E-state index in [4.69, 9.17) is 11.2 Å². The molecule has 0 rings (SSSR count). The van der Waals surface area contributed by atoms with E-state index >= 15 is 0 Å². The first-order chi connectivity index (χ1) is 6.95. The molecule has 0 aromatic rings. The minimum Gasteiger partial charge on any atom is -0.444 e. The van der Waals surface area contributed by atoms with E-state index in [-0.39, 0.29) is 6.09 Å². The summed E-state index contributed by atoms with van der Waals surface area (Å²) < 4.78 is 5.06. The van der Waals surface area contributed by atoms with Crippen LogP contribution in [0.3, 0.4) is 0 Å². The molecule has 0 spiro atoms. The molecule has 15 heavy (non-hydrogen) atoms. The van der Waals surface area contributed by atoms with Crippen molar-refractivity contribution in [1.29, 1.82) is 0 Å². The van der Waals surface area contributed by atoms with Crippen molar-refractivity contribution in [3.05, 3.63) is 0 Å². The Bertz CT molecular complexity index is 226. The van der Waals surface area contributed by atoms with Crippen molar-refractivity contribution in [2.45, 2.75) is 32.8 Å². The minimum atomic E-state index is -0.443. The normalized spacial score (nSPS) is 10.5. The van der Waals surface area contributed by atoms with Crippen molar-refractivity contribution in [3.8, 4) is 12.3 Å². The van der Waals surface area contributed by atoms with Crippen molar-refractivity contribution in [3.63, 3.8) is 0 Å². The molecule has 4 nitrogen and oxygen atoms in total. The van der Waals surface area contributed by atoms with Crippen molar-refractivity contribution in [2.75, 3.05) is 19.6 Å². The van der Waals surface area contributed by atoms with Gasteiger partial charge < -0.3 is 15.4 Å². The second-order valence-electron chi connectivity index (χ2n) is 4.13. The van der Waals surface area contributed by atoms with Crippen LogP contribution in [0, 0.1) is 12.3 Å². The zero-order chi connectivity index (χ0) is 11.7. The maximum Gasteiger partial charge on any atom is 0.407 e. The standard InChI is InChI=1S/C11H20N2O2/c1-5-6-7-12-8-9-13-10(14)15-11(2,3)4/h1,12H,6-9H2,2-4H3,(H,13,14). The molecule has 4 heteroatoms. The van der Waals surface area contributed by atoms with E-state index in [1.165, 1.54) is 0 Å². The Hall–Kier alpha value is -1.21. The number of amides is 1. The largest absolute Gasteiger partial charge is 0.444 e. The Morgan fingerprint density at radius 1 is 1.33 bits per heavy atom. The van der Waals surface area contributed by atoms with Gasteiger partial charge in [0.05, 0.1) is 0 Å². The van der Waals surface area contributed by atoms with Crippen LogP contribution in [0.15, 0.2) is 0 Å². The molecular formula is C11H20N2O2. The number of ether oxygens (including phenoxy) is 1. The lowest BCUT2D eigenvalue weighted by Gasteiger charge is -2.19. The van der Waals surface area contributed by atoms with Crippen molar-refractivity contribution in [2.24, 2.45) is 0 Å². The molecule has 0 unspecified atom stereocenters. The number of hydrogen-bond donors (Lipinski definition) is 2. The average molecular weight is 212 g/mol. The van der Waals surface area contributed by atoms with Gasteiger partial charge in [0.2, 0.25) is 0 Å². The van der Waals surface area contributed by atoms with Gasteiger partial charge in [-0.05, 0) is 20.8 Å². The number of nitrogens with one attached hydrogen (secondary N) is 2. The lowest BCUT2D eigenvalue weighted by atomic mass is 10.2. The van der Waals surface area contributed by atoms with E-state index in [0.29, 0.717) is 19.5 Å². The van der Waals surface area contributed by atoms with Crippen LogP contribution in [0.1, 0.15) is 27.2 Å². The van der Waals surface area contributed by atoms with Gasteiger partial charge in [0.25, 0.3) is 0 Å². The van der Waals surface area contributed by atoms with E-state index in [2.05, 4.69) is 16.6 Å². The summed E-state index contributed by atoms with van der Waals surface area (Å²) in [7, 11) is 0. The van der Waals surface area contributed by atoms with E-state index < -0.39 is 5.60 Å². The van der Waals surface area contributed by atoms with Crippen LogP contribution < -0.4 is 10.6 Å². The van der Waals surface area contributed by atoms with Crippen molar-refractivity contribution < 1.29 is 9.53 Å². The quantitative estimate of drug-likeness (QED) is 0.530. The van der Waals surface area contributed by atoms with E-state index in [9.17, 15) is 4.79 Å². The number of carbonyl (C=O) groups excluding carboxylic acids is 1. The highest BCUT2D eigenvalue weighted by Crippen LogP contribution is 2.05. The van der Waals surface area contributed by atoms with Gasteiger partial charge in [-0.2, -0.15) is 0 Å². The topological polar surface area (TPSA) is 50.4 Å². The smallest absolute Gasteiger partial charge is 0.407 e. The lowest BCUT2D eigenvalue weighted by molar-refractivity contribution is 0.0528. The van der Waals surface area contributed by atoms with E-state index in [1.54, 1.807) is 0 Å². The summed E-state index contributed by atoms with van der Waals surface area (Å²) in [6, 6.07) is 0. The summed E-state index contributed by atoms with van der Waals surface area (Å²) in [5.74, 6) is 2.52. The van der Waals surface area contributed by atoms with E-state index in [1.807, 2.05) is 20.8 Å². The summed E-state index contributed by atoms with van der Waals surface area (Å²) in [5, 5.41) is 5.73. The fourth-order valence-corrected chi connectivity index (χ4v) is 0.853. The zero-order valence-electron chi connectivity index (χ0n) is 9.72. The first-order valence-electron chi connectivity index (χ1n) is 5.07. The number of carbonyl (C=O) groups is 1. The fraction of sp³-hybridized carbons (Fsp3) is 0.727. The van der Waals surface area contributed by atoms with Gasteiger partial charge in [-0.25, -0.2) is 4.79 Å². The molecule has 0 bridgehead atoms. The summed E-state index contributed by atoms with van der Waals surface area (Å²) in [5.41, 5.74) is -0.443. The molecule has 0 heterocycles. The molecule has 0 radical (unpaired) electrons. The Kier molecular flexibility index (Phi) is 6.56. The summed E-state index contributed by atoms with van der Waals surface area (Å²) >= 11 is 0. The third kappa shape index (κ3) is 10.7. The predicted molar refractivity (Wildman–Crippen MR) is 60.6 cm³/mol. The molecule has 0 atom stereocenters. The molecule has 0 fully saturated rings. The lowest BCUT2D eigenvalue weighted by Crippen LogP contribution is -2.36. The fourth-order valence-electron chi connectivity index (χ4n) is 0.853. The van der Waals surface area contributed by atoms with E-state index in [0.717, 1.165) is 6.54 Å². The summed E-state index contributed by atoms with van der Waals surface area (Å²) in [6.07, 6.45) is 5.39. The Balaban J connectivity index is 3.37. The van der Waals surface area contributed by atoms with Gasteiger partial charge >= 0.3 is 6.09 Å². The summed E-state index contributed by atoms with van der Waals surface area (Å²) in [6.45, 7) is 7.50. The highest BCUT2D eigenvalue weighted by molar-refractivity contribution is 5.67.